The van der Waals surface area contributed by atoms with Crippen molar-refractivity contribution in [3.05, 3.63) is 33.9 Å². The van der Waals surface area contributed by atoms with Gasteiger partial charge in [0.05, 0.1) is 11.0 Å². The van der Waals surface area contributed by atoms with Crippen LogP contribution in [0.15, 0.2) is 18.2 Å². The highest BCUT2D eigenvalue weighted by molar-refractivity contribution is 5.81. The van der Waals surface area contributed by atoms with E-state index in [-0.39, 0.29) is 22.6 Å². The molecule has 7 heteroatoms. The minimum Gasteiger partial charge on any atom is -0.379 e. The van der Waals surface area contributed by atoms with Crippen molar-refractivity contribution in [1.29, 1.82) is 0 Å². The Labute approximate surface area is 136 Å². The first-order valence-electron chi connectivity index (χ1n) is 8.08. The molecule has 126 valence electrons. The number of hydrogen-bond donors (Lipinski definition) is 3. The summed E-state index contributed by atoms with van der Waals surface area (Å²) in [7, 11) is 0. The average Bonchev–Trinajstić information content (AvgIpc) is 2.56. The van der Waals surface area contributed by atoms with Gasteiger partial charge in [0.1, 0.15) is 5.69 Å². The first-order valence-corrected chi connectivity index (χ1v) is 8.08. The van der Waals surface area contributed by atoms with E-state index in [9.17, 15) is 14.9 Å². The van der Waals surface area contributed by atoms with Gasteiger partial charge in [-0.15, -0.1) is 0 Å². The summed E-state index contributed by atoms with van der Waals surface area (Å²) < 4.78 is 0. The third kappa shape index (κ3) is 5.21. The van der Waals surface area contributed by atoms with Crippen LogP contribution < -0.4 is 16.0 Å². The van der Waals surface area contributed by atoms with Crippen LogP contribution in [0, 0.1) is 17.0 Å². The molecule has 1 aliphatic heterocycles. The smallest absolute Gasteiger partial charge is 0.292 e. The molecule has 2 rings (SSSR count). The van der Waals surface area contributed by atoms with Gasteiger partial charge in [-0.05, 0) is 44.4 Å². The van der Waals surface area contributed by atoms with Crippen molar-refractivity contribution in [3.8, 4) is 0 Å². The van der Waals surface area contributed by atoms with Gasteiger partial charge in [-0.2, -0.15) is 0 Å². The van der Waals surface area contributed by atoms with Gasteiger partial charge in [0.2, 0.25) is 5.91 Å². The molecule has 3 N–H and O–H groups in total. The average molecular weight is 320 g/mol. The number of anilines is 1. The molecule has 0 radical (unpaired) electrons. The quantitative estimate of drug-likeness (QED) is 0.405. The molecule has 1 aromatic carbocycles. The summed E-state index contributed by atoms with van der Waals surface area (Å²) in [6.07, 6.45) is 3.82. The first kappa shape index (κ1) is 17.2. The van der Waals surface area contributed by atoms with Gasteiger partial charge < -0.3 is 16.0 Å². The zero-order chi connectivity index (χ0) is 16.7. The maximum absolute atomic E-state index is 11.9. The minimum absolute atomic E-state index is 0.0472. The van der Waals surface area contributed by atoms with Crippen molar-refractivity contribution < 1.29 is 9.72 Å². The summed E-state index contributed by atoms with van der Waals surface area (Å²) >= 11 is 0. The highest BCUT2D eigenvalue weighted by Gasteiger charge is 2.19. The Morgan fingerprint density at radius 2 is 2.22 bits per heavy atom. The summed E-state index contributed by atoms with van der Waals surface area (Å²) in [5, 5.41) is 20.2. The number of nitrogens with zero attached hydrogens (tertiary/aromatic N) is 1. The van der Waals surface area contributed by atoms with Crippen molar-refractivity contribution in [2.45, 2.75) is 38.6 Å². The summed E-state index contributed by atoms with van der Waals surface area (Å²) in [6, 6.07) is 5.04. The molecule has 0 bridgehead atoms. The van der Waals surface area contributed by atoms with Gasteiger partial charge in [-0.25, -0.2) is 0 Å². The second kappa shape index (κ2) is 8.47. The van der Waals surface area contributed by atoms with Crippen molar-refractivity contribution in [2.75, 3.05) is 25.0 Å². The first-order chi connectivity index (χ1) is 11.1. The summed E-state index contributed by atoms with van der Waals surface area (Å²) in [5.74, 6) is 0.0472. The van der Waals surface area contributed by atoms with E-state index >= 15 is 0 Å². The third-order valence-corrected chi connectivity index (χ3v) is 3.94. The minimum atomic E-state index is -0.383. The number of piperidine rings is 1. The van der Waals surface area contributed by atoms with E-state index in [4.69, 9.17) is 0 Å². The molecule has 1 heterocycles. The summed E-state index contributed by atoms with van der Waals surface area (Å²) in [5.41, 5.74) is 1.45. The number of nitro benzene ring substituents is 1. The largest absolute Gasteiger partial charge is 0.379 e. The van der Waals surface area contributed by atoms with Crippen LogP contribution in [0.1, 0.15) is 31.2 Å². The van der Waals surface area contributed by atoms with Crippen LogP contribution in [0.4, 0.5) is 11.4 Å². The van der Waals surface area contributed by atoms with Gasteiger partial charge in [-0.3, -0.25) is 14.9 Å². The van der Waals surface area contributed by atoms with E-state index < -0.39 is 0 Å². The highest BCUT2D eigenvalue weighted by atomic mass is 16.6. The Morgan fingerprint density at radius 1 is 1.39 bits per heavy atom. The predicted octanol–water partition coefficient (Wildman–Crippen LogP) is 1.96. The SMILES string of the molecule is Cc1ccc(NCCCNC(=O)C2CCCCN2)c([N+](=O)[O-])c1. The number of carbonyl (C=O) groups excluding carboxylic acids is 1. The zero-order valence-electron chi connectivity index (χ0n) is 13.4. The van der Waals surface area contributed by atoms with E-state index in [1.165, 1.54) is 0 Å². The van der Waals surface area contributed by atoms with Crippen LogP contribution in [0.5, 0.6) is 0 Å². The maximum atomic E-state index is 11.9. The number of carbonyl (C=O) groups is 1. The monoisotopic (exact) mass is 320 g/mol. The van der Waals surface area contributed by atoms with Crippen molar-refractivity contribution in [2.24, 2.45) is 0 Å². The molecule has 0 saturated carbocycles. The van der Waals surface area contributed by atoms with E-state index in [2.05, 4.69) is 16.0 Å². The number of hydrogen-bond acceptors (Lipinski definition) is 5. The molecule has 0 aromatic heterocycles. The predicted molar refractivity (Wildman–Crippen MR) is 89.6 cm³/mol. The highest BCUT2D eigenvalue weighted by Crippen LogP contribution is 2.25. The summed E-state index contributed by atoms with van der Waals surface area (Å²) in [6.45, 7) is 3.86. The second-order valence-electron chi connectivity index (χ2n) is 5.85. The van der Waals surface area contributed by atoms with E-state index in [0.29, 0.717) is 25.2 Å². The fourth-order valence-corrected chi connectivity index (χ4v) is 2.66. The number of nitro groups is 1. The summed E-state index contributed by atoms with van der Waals surface area (Å²) in [4.78, 5) is 22.6. The van der Waals surface area contributed by atoms with E-state index in [1.807, 2.05) is 13.0 Å². The number of amides is 1. The van der Waals surface area contributed by atoms with Crippen LogP contribution in [-0.2, 0) is 4.79 Å². The van der Waals surface area contributed by atoms with E-state index in [0.717, 1.165) is 31.4 Å². The number of aryl methyl sites for hydroxylation is 1. The molecule has 1 aliphatic rings. The molecule has 1 unspecified atom stereocenters. The Bertz CT molecular complexity index is 556. The van der Waals surface area contributed by atoms with Gasteiger partial charge in [0.25, 0.3) is 5.69 Å². The lowest BCUT2D eigenvalue weighted by Gasteiger charge is -2.22. The Hall–Kier alpha value is -2.15. The van der Waals surface area contributed by atoms with Crippen LogP contribution in [0.2, 0.25) is 0 Å². The van der Waals surface area contributed by atoms with Crippen molar-refractivity contribution >= 4 is 17.3 Å². The van der Waals surface area contributed by atoms with Crippen LogP contribution in [0.3, 0.4) is 0 Å². The molecule has 0 spiro atoms. The fraction of sp³-hybridized carbons (Fsp3) is 0.562. The fourth-order valence-electron chi connectivity index (χ4n) is 2.66. The molecule has 0 aliphatic carbocycles. The van der Waals surface area contributed by atoms with Gasteiger partial charge >= 0.3 is 0 Å². The van der Waals surface area contributed by atoms with Crippen molar-refractivity contribution in [3.63, 3.8) is 0 Å². The molecule has 1 amide bonds. The lowest BCUT2D eigenvalue weighted by atomic mass is 10.0. The number of rotatable bonds is 7. The Morgan fingerprint density at radius 3 is 2.91 bits per heavy atom. The molecule has 1 aromatic rings. The lowest BCUT2D eigenvalue weighted by Crippen LogP contribution is -2.46. The molecule has 1 atom stereocenters. The molecular formula is C16H24N4O3. The number of benzene rings is 1. The third-order valence-electron chi connectivity index (χ3n) is 3.94. The standard InChI is InChI=1S/C16H24N4O3/c1-12-6-7-13(15(11-12)20(22)23)17-9-4-10-19-16(21)14-5-2-3-8-18-14/h6-7,11,14,17-18H,2-5,8-10H2,1H3,(H,19,21). The van der Waals surface area contributed by atoms with Crippen LogP contribution >= 0.6 is 0 Å². The molecule has 23 heavy (non-hydrogen) atoms. The Balaban J connectivity index is 1.71. The van der Waals surface area contributed by atoms with Gasteiger partial charge in [0, 0.05) is 19.2 Å². The van der Waals surface area contributed by atoms with Crippen molar-refractivity contribution in [1.82, 2.24) is 10.6 Å². The molecule has 1 saturated heterocycles. The molecule has 1 fully saturated rings. The topological polar surface area (TPSA) is 96.3 Å². The van der Waals surface area contributed by atoms with E-state index in [1.54, 1.807) is 12.1 Å². The normalized spacial score (nSPS) is 17.5. The zero-order valence-corrected chi connectivity index (χ0v) is 13.4. The van der Waals surface area contributed by atoms with Gasteiger partial charge in [-0.1, -0.05) is 12.5 Å². The molecule has 7 nitrogen and oxygen atoms in total. The Kier molecular flexibility index (Phi) is 6.34. The van der Waals surface area contributed by atoms with Crippen LogP contribution in [-0.4, -0.2) is 36.5 Å². The molecular weight excluding hydrogens is 296 g/mol. The van der Waals surface area contributed by atoms with Crippen LogP contribution in [0.25, 0.3) is 0 Å². The second-order valence-corrected chi connectivity index (χ2v) is 5.85. The lowest BCUT2D eigenvalue weighted by molar-refractivity contribution is -0.384. The maximum Gasteiger partial charge on any atom is 0.292 e. The number of nitrogens with one attached hydrogen (secondary N) is 3. The van der Waals surface area contributed by atoms with Gasteiger partial charge in [0.15, 0.2) is 0 Å².